The number of carbonyl (C=O) groups excluding carboxylic acids is 2. The van der Waals surface area contributed by atoms with Crippen molar-refractivity contribution in [2.75, 3.05) is 0 Å². The van der Waals surface area contributed by atoms with E-state index in [4.69, 9.17) is 39.5 Å². The standard InChI is InChI=1S/C27H25BrCl3N3O3/c1-16(2)11-24(33-26(35)18-4-7-20(29)8-5-18)27(36)34-32-14-17-3-10-25(22(28)12-17)37-15-19-6-9-21(30)13-23(19)31/h3-10,12-14,16,24H,11,15H2,1-2H3,(H,33,35)(H,34,36). The molecule has 10 heteroatoms. The summed E-state index contributed by atoms with van der Waals surface area (Å²) in [5.74, 6) is 0.0255. The topological polar surface area (TPSA) is 79.8 Å². The largest absolute Gasteiger partial charge is 0.488 e. The Labute approximate surface area is 239 Å². The Bertz CT molecular complexity index is 1280. The molecule has 0 heterocycles. The van der Waals surface area contributed by atoms with Crippen LogP contribution in [0, 0.1) is 5.92 Å². The summed E-state index contributed by atoms with van der Waals surface area (Å²) in [5, 5.41) is 8.45. The molecule has 3 aromatic carbocycles. The summed E-state index contributed by atoms with van der Waals surface area (Å²) in [6.07, 6.45) is 1.96. The van der Waals surface area contributed by atoms with Gasteiger partial charge >= 0.3 is 0 Å². The SMILES string of the molecule is CC(C)CC(NC(=O)c1ccc(Cl)cc1)C(=O)NN=Cc1ccc(OCc2ccc(Cl)cc2Cl)c(Br)c1. The Balaban J connectivity index is 1.59. The molecule has 37 heavy (non-hydrogen) atoms. The highest BCUT2D eigenvalue weighted by atomic mass is 79.9. The van der Waals surface area contributed by atoms with Crippen molar-refractivity contribution in [2.45, 2.75) is 32.9 Å². The smallest absolute Gasteiger partial charge is 0.262 e. The highest BCUT2D eigenvalue weighted by molar-refractivity contribution is 9.10. The van der Waals surface area contributed by atoms with E-state index < -0.39 is 11.9 Å². The third kappa shape index (κ3) is 9.04. The molecule has 3 aromatic rings. The average Bonchev–Trinajstić information content (AvgIpc) is 2.84. The van der Waals surface area contributed by atoms with E-state index in [0.29, 0.717) is 37.3 Å². The van der Waals surface area contributed by atoms with Crippen LogP contribution in [0.5, 0.6) is 5.75 Å². The van der Waals surface area contributed by atoms with E-state index in [1.54, 1.807) is 48.5 Å². The Morgan fingerprint density at radius 2 is 1.70 bits per heavy atom. The fourth-order valence-electron chi connectivity index (χ4n) is 3.30. The van der Waals surface area contributed by atoms with Crippen LogP contribution < -0.4 is 15.5 Å². The number of ether oxygens (including phenoxy) is 1. The molecule has 0 aliphatic carbocycles. The van der Waals surface area contributed by atoms with Crippen LogP contribution in [0.4, 0.5) is 0 Å². The molecular formula is C27H25BrCl3N3O3. The van der Waals surface area contributed by atoms with Gasteiger partial charge in [0.15, 0.2) is 0 Å². The lowest BCUT2D eigenvalue weighted by Gasteiger charge is -2.19. The summed E-state index contributed by atoms with van der Waals surface area (Å²) < 4.78 is 6.56. The van der Waals surface area contributed by atoms with Crippen molar-refractivity contribution in [2.24, 2.45) is 11.0 Å². The van der Waals surface area contributed by atoms with Gasteiger partial charge in [0.25, 0.3) is 11.8 Å². The Kier molecular flexibility index (Phi) is 10.8. The Hall–Kier alpha value is -2.58. The second kappa shape index (κ2) is 13.8. The molecular weight excluding hydrogens is 601 g/mol. The Morgan fingerprint density at radius 3 is 2.35 bits per heavy atom. The summed E-state index contributed by atoms with van der Waals surface area (Å²) in [4.78, 5) is 25.4. The number of hydrogen-bond acceptors (Lipinski definition) is 4. The van der Waals surface area contributed by atoms with Crippen LogP contribution in [-0.4, -0.2) is 24.1 Å². The van der Waals surface area contributed by atoms with Gasteiger partial charge in [-0.3, -0.25) is 9.59 Å². The van der Waals surface area contributed by atoms with Crippen LogP contribution in [0.15, 0.2) is 70.2 Å². The molecule has 2 N–H and O–H groups in total. The minimum Gasteiger partial charge on any atom is -0.488 e. The van der Waals surface area contributed by atoms with Gasteiger partial charge in [-0.05, 0) is 88.4 Å². The first kappa shape index (κ1) is 29.0. The maximum absolute atomic E-state index is 12.8. The number of rotatable bonds is 10. The number of nitrogens with one attached hydrogen (secondary N) is 2. The predicted molar refractivity (Wildman–Crippen MR) is 153 cm³/mol. The summed E-state index contributed by atoms with van der Waals surface area (Å²) in [7, 11) is 0. The minimum absolute atomic E-state index is 0.177. The molecule has 1 unspecified atom stereocenters. The van der Waals surface area contributed by atoms with Crippen LogP contribution in [0.1, 0.15) is 41.8 Å². The van der Waals surface area contributed by atoms with E-state index in [0.717, 1.165) is 11.1 Å². The lowest BCUT2D eigenvalue weighted by atomic mass is 10.0. The normalized spacial score (nSPS) is 12.0. The van der Waals surface area contributed by atoms with Crippen molar-refractivity contribution < 1.29 is 14.3 Å². The molecule has 0 spiro atoms. The zero-order valence-corrected chi connectivity index (χ0v) is 24.0. The van der Waals surface area contributed by atoms with Gasteiger partial charge in [-0.25, -0.2) is 5.43 Å². The highest BCUT2D eigenvalue weighted by Gasteiger charge is 2.22. The van der Waals surface area contributed by atoms with E-state index in [9.17, 15) is 9.59 Å². The van der Waals surface area contributed by atoms with E-state index in [2.05, 4.69) is 31.8 Å². The zero-order valence-electron chi connectivity index (χ0n) is 20.1. The molecule has 0 radical (unpaired) electrons. The first-order valence-corrected chi connectivity index (χ1v) is 13.3. The van der Waals surface area contributed by atoms with Gasteiger partial charge in [-0.2, -0.15) is 5.10 Å². The van der Waals surface area contributed by atoms with Gasteiger partial charge in [-0.1, -0.05) is 54.7 Å². The van der Waals surface area contributed by atoms with Crippen LogP contribution in [0.25, 0.3) is 0 Å². The predicted octanol–water partition coefficient (Wildman–Crippen LogP) is 7.28. The molecule has 0 aliphatic rings. The number of benzene rings is 3. The van der Waals surface area contributed by atoms with Gasteiger partial charge in [0.05, 0.1) is 10.7 Å². The molecule has 0 saturated carbocycles. The van der Waals surface area contributed by atoms with Crippen molar-refractivity contribution in [3.63, 3.8) is 0 Å². The molecule has 1 atom stereocenters. The second-order valence-corrected chi connectivity index (χ2v) is 10.7. The number of hydrogen-bond donors (Lipinski definition) is 2. The van der Waals surface area contributed by atoms with Crippen LogP contribution in [0.2, 0.25) is 15.1 Å². The molecule has 2 amide bonds. The number of amides is 2. The molecule has 0 aliphatic heterocycles. The maximum Gasteiger partial charge on any atom is 0.262 e. The average molecular weight is 626 g/mol. The van der Waals surface area contributed by atoms with E-state index in [1.165, 1.54) is 6.21 Å². The summed E-state index contributed by atoms with van der Waals surface area (Å²) in [6.45, 7) is 4.22. The Morgan fingerprint density at radius 1 is 1.00 bits per heavy atom. The van der Waals surface area contributed by atoms with Crippen LogP contribution in [0.3, 0.4) is 0 Å². The molecule has 0 aromatic heterocycles. The van der Waals surface area contributed by atoms with Gasteiger partial charge in [0.2, 0.25) is 0 Å². The van der Waals surface area contributed by atoms with Crippen molar-refractivity contribution in [1.82, 2.24) is 10.7 Å². The number of carbonyl (C=O) groups is 2. The highest BCUT2D eigenvalue weighted by Crippen LogP contribution is 2.28. The molecule has 0 saturated heterocycles. The van der Waals surface area contributed by atoms with Crippen LogP contribution in [-0.2, 0) is 11.4 Å². The molecule has 194 valence electrons. The number of halogens is 4. The first-order valence-electron chi connectivity index (χ1n) is 11.4. The van der Waals surface area contributed by atoms with Crippen molar-refractivity contribution in [3.8, 4) is 5.75 Å². The van der Waals surface area contributed by atoms with Gasteiger partial charge in [0.1, 0.15) is 18.4 Å². The van der Waals surface area contributed by atoms with Gasteiger partial charge in [0, 0.05) is 26.2 Å². The molecule has 0 bridgehead atoms. The summed E-state index contributed by atoms with van der Waals surface area (Å²) in [6, 6.07) is 16.3. The van der Waals surface area contributed by atoms with Crippen molar-refractivity contribution in [3.05, 3.63) is 96.9 Å². The lowest BCUT2D eigenvalue weighted by molar-refractivity contribution is -0.123. The first-order chi connectivity index (χ1) is 17.6. The minimum atomic E-state index is -0.748. The fraction of sp³-hybridized carbons (Fsp3) is 0.222. The number of hydrazone groups is 1. The van der Waals surface area contributed by atoms with Crippen LogP contribution >= 0.6 is 50.7 Å². The van der Waals surface area contributed by atoms with Gasteiger partial charge < -0.3 is 10.1 Å². The molecule has 6 nitrogen and oxygen atoms in total. The van der Waals surface area contributed by atoms with Gasteiger partial charge in [-0.15, -0.1) is 0 Å². The second-order valence-electron chi connectivity index (χ2n) is 8.61. The zero-order chi connectivity index (χ0) is 26.9. The van der Waals surface area contributed by atoms with Crippen molar-refractivity contribution >= 4 is 68.8 Å². The lowest BCUT2D eigenvalue weighted by Crippen LogP contribution is -2.46. The quantitative estimate of drug-likeness (QED) is 0.184. The third-order valence-corrected chi connectivity index (χ3v) is 6.64. The summed E-state index contributed by atoms with van der Waals surface area (Å²) in [5.41, 5.74) is 4.48. The molecule has 0 fully saturated rings. The number of nitrogens with zero attached hydrogens (tertiary/aromatic N) is 1. The van der Waals surface area contributed by atoms with Crippen molar-refractivity contribution in [1.29, 1.82) is 0 Å². The van der Waals surface area contributed by atoms with E-state index >= 15 is 0 Å². The monoisotopic (exact) mass is 623 g/mol. The summed E-state index contributed by atoms with van der Waals surface area (Å²) >= 11 is 21.5. The maximum atomic E-state index is 12.8. The van der Waals surface area contributed by atoms with E-state index in [1.807, 2.05) is 26.0 Å². The fourth-order valence-corrected chi connectivity index (χ4v) is 4.40. The third-order valence-electron chi connectivity index (χ3n) is 5.18. The molecule has 3 rings (SSSR count). The van der Waals surface area contributed by atoms with E-state index in [-0.39, 0.29) is 18.4 Å².